The van der Waals surface area contributed by atoms with Gasteiger partial charge in [-0.05, 0) is 57.2 Å². The van der Waals surface area contributed by atoms with Crippen molar-refractivity contribution in [2.45, 2.75) is 26.4 Å². The summed E-state index contributed by atoms with van der Waals surface area (Å²) >= 11 is 0. The molecule has 2 aromatic carbocycles. The third-order valence-electron chi connectivity index (χ3n) is 4.86. The Morgan fingerprint density at radius 2 is 1.44 bits per heavy atom. The monoisotopic (exact) mass is 438 g/mol. The van der Waals surface area contributed by atoms with Crippen LogP contribution in [0.4, 0.5) is 16.2 Å². The van der Waals surface area contributed by atoms with Gasteiger partial charge in [-0.1, -0.05) is 18.2 Å². The zero-order chi connectivity index (χ0) is 23.1. The van der Waals surface area contributed by atoms with Gasteiger partial charge in [0.15, 0.2) is 0 Å². The molecule has 1 aliphatic rings. The Bertz CT molecular complexity index is 931. The SMILES string of the molecule is CC(C)(C)OC(=O)Nc1ccc(C(=O)N2CCN(CC(=O)Nc3ccccc3)CC2)cc1. The van der Waals surface area contributed by atoms with E-state index in [1.54, 1.807) is 49.9 Å². The molecule has 1 aliphatic heterocycles. The minimum absolute atomic E-state index is 0.0657. The summed E-state index contributed by atoms with van der Waals surface area (Å²) in [6.45, 7) is 8.04. The third kappa shape index (κ3) is 7.09. The number of nitrogens with zero attached hydrogens (tertiary/aromatic N) is 2. The molecule has 1 saturated heterocycles. The summed E-state index contributed by atoms with van der Waals surface area (Å²) in [6, 6.07) is 16.1. The van der Waals surface area contributed by atoms with Gasteiger partial charge in [0.1, 0.15) is 5.60 Å². The van der Waals surface area contributed by atoms with Gasteiger partial charge in [0, 0.05) is 43.1 Å². The average molecular weight is 439 g/mol. The molecular weight excluding hydrogens is 408 g/mol. The van der Waals surface area contributed by atoms with Crippen molar-refractivity contribution < 1.29 is 19.1 Å². The molecule has 8 nitrogen and oxygen atoms in total. The Balaban J connectivity index is 1.45. The van der Waals surface area contributed by atoms with Crippen LogP contribution in [-0.4, -0.2) is 66.0 Å². The maximum atomic E-state index is 12.8. The molecule has 2 N–H and O–H groups in total. The van der Waals surface area contributed by atoms with Crippen LogP contribution < -0.4 is 10.6 Å². The number of carbonyl (C=O) groups excluding carboxylic acids is 3. The first-order valence-corrected chi connectivity index (χ1v) is 10.7. The summed E-state index contributed by atoms with van der Waals surface area (Å²) < 4.78 is 5.23. The Hall–Kier alpha value is -3.39. The van der Waals surface area contributed by atoms with Crippen molar-refractivity contribution in [3.8, 4) is 0 Å². The van der Waals surface area contributed by atoms with Crippen LogP contribution in [0.1, 0.15) is 31.1 Å². The molecule has 170 valence electrons. The summed E-state index contributed by atoms with van der Waals surface area (Å²) in [5.41, 5.74) is 1.31. The number of nitrogens with one attached hydrogen (secondary N) is 2. The van der Waals surface area contributed by atoms with Gasteiger partial charge in [0.2, 0.25) is 5.91 Å². The molecular formula is C24H30N4O4. The van der Waals surface area contributed by atoms with Gasteiger partial charge < -0.3 is 15.0 Å². The van der Waals surface area contributed by atoms with E-state index in [1.807, 2.05) is 35.2 Å². The highest BCUT2D eigenvalue weighted by molar-refractivity contribution is 5.95. The predicted molar refractivity (Wildman–Crippen MR) is 124 cm³/mol. The number of carbonyl (C=O) groups is 3. The number of hydrogen-bond acceptors (Lipinski definition) is 5. The van der Waals surface area contributed by atoms with Crippen molar-refractivity contribution >= 4 is 29.3 Å². The maximum absolute atomic E-state index is 12.8. The van der Waals surface area contributed by atoms with Crippen molar-refractivity contribution in [1.82, 2.24) is 9.80 Å². The van der Waals surface area contributed by atoms with Crippen LogP contribution in [0, 0.1) is 0 Å². The largest absolute Gasteiger partial charge is 0.444 e. The highest BCUT2D eigenvalue weighted by Gasteiger charge is 2.23. The molecule has 1 fully saturated rings. The van der Waals surface area contributed by atoms with E-state index in [2.05, 4.69) is 10.6 Å². The number of para-hydroxylation sites is 1. The number of piperazine rings is 1. The second-order valence-corrected chi connectivity index (χ2v) is 8.69. The summed E-state index contributed by atoms with van der Waals surface area (Å²) in [5, 5.41) is 5.53. The maximum Gasteiger partial charge on any atom is 0.412 e. The normalized spacial score (nSPS) is 14.5. The first-order chi connectivity index (χ1) is 15.2. The van der Waals surface area contributed by atoms with Gasteiger partial charge in [0.25, 0.3) is 5.91 Å². The minimum atomic E-state index is -0.579. The molecule has 0 unspecified atom stereocenters. The van der Waals surface area contributed by atoms with Crippen molar-refractivity contribution in [2.75, 3.05) is 43.4 Å². The number of rotatable bonds is 5. The van der Waals surface area contributed by atoms with E-state index in [0.717, 1.165) is 5.69 Å². The fourth-order valence-electron chi connectivity index (χ4n) is 3.33. The summed E-state index contributed by atoms with van der Waals surface area (Å²) in [7, 11) is 0. The molecule has 0 saturated carbocycles. The lowest BCUT2D eigenvalue weighted by atomic mass is 10.1. The lowest BCUT2D eigenvalue weighted by Crippen LogP contribution is -2.50. The van der Waals surface area contributed by atoms with E-state index in [-0.39, 0.29) is 11.8 Å². The van der Waals surface area contributed by atoms with Gasteiger partial charge in [-0.15, -0.1) is 0 Å². The highest BCUT2D eigenvalue weighted by atomic mass is 16.6. The minimum Gasteiger partial charge on any atom is -0.444 e. The Labute approximate surface area is 188 Å². The summed E-state index contributed by atoms with van der Waals surface area (Å²) in [5.74, 6) is -0.133. The average Bonchev–Trinajstić information content (AvgIpc) is 2.73. The fourth-order valence-corrected chi connectivity index (χ4v) is 3.33. The number of amides is 3. The van der Waals surface area contributed by atoms with Gasteiger partial charge in [-0.3, -0.25) is 19.8 Å². The second-order valence-electron chi connectivity index (χ2n) is 8.69. The quantitative estimate of drug-likeness (QED) is 0.746. The van der Waals surface area contributed by atoms with Crippen LogP contribution >= 0.6 is 0 Å². The summed E-state index contributed by atoms with van der Waals surface area (Å²) in [4.78, 5) is 40.7. The van der Waals surface area contributed by atoms with Crippen LogP contribution in [0.3, 0.4) is 0 Å². The van der Waals surface area contributed by atoms with Crippen LogP contribution in [0.2, 0.25) is 0 Å². The van der Waals surface area contributed by atoms with Gasteiger partial charge in [-0.25, -0.2) is 4.79 Å². The van der Waals surface area contributed by atoms with Gasteiger partial charge in [0.05, 0.1) is 6.54 Å². The molecule has 3 amide bonds. The highest BCUT2D eigenvalue weighted by Crippen LogP contribution is 2.15. The number of benzene rings is 2. The molecule has 0 bridgehead atoms. The zero-order valence-corrected chi connectivity index (χ0v) is 18.8. The van der Waals surface area contributed by atoms with Crippen molar-refractivity contribution in [2.24, 2.45) is 0 Å². The van der Waals surface area contributed by atoms with E-state index >= 15 is 0 Å². The van der Waals surface area contributed by atoms with Crippen LogP contribution in [0.5, 0.6) is 0 Å². The van der Waals surface area contributed by atoms with Crippen molar-refractivity contribution in [3.63, 3.8) is 0 Å². The van der Waals surface area contributed by atoms with E-state index < -0.39 is 11.7 Å². The van der Waals surface area contributed by atoms with E-state index in [1.165, 1.54) is 0 Å². The third-order valence-corrected chi connectivity index (χ3v) is 4.86. The predicted octanol–water partition coefficient (Wildman–Crippen LogP) is 3.43. The van der Waals surface area contributed by atoms with E-state index in [4.69, 9.17) is 4.74 Å². The molecule has 3 rings (SSSR count). The van der Waals surface area contributed by atoms with Gasteiger partial charge in [-0.2, -0.15) is 0 Å². The van der Waals surface area contributed by atoms with E-state index in [9.17, 15) is 14.4 Å². The second kappa shape index (κ2) is 10.3. The molecule has 32 heavy (non-hydrogen) atoms. The summed E-state index contributed by atoms with van der Waals surface area (Å²) in [6.07, 6.45) is -0.538. The molecule has 1 heterocycles. The first kappa shape index (κ1) is 23.3. The van der Waals surface area contributed by atoms with Crippen LogP contribution in [0.15, 0.2) is 54.6 Å². The first-order valence-electron chi connectivity index (χ1n) is 10.7. The fraction of sp³-hybridized carbons (Fsp3) is 0.375. The zero-order valence-electron chi connectivity index (χ0n) is 18.8. The smallest absolute Gasteiger partial charge is 0.412 e. The number of anilines is 2. The van der Waals surface area contributed by atoms with Crippen LogP contribution in [0.25, 0.3) is 0 Å². The molecule has 0 spiro atoms. The molecule has 2 aromatic rings. The Morgan fingerprint density at radius 1 is 0.844 bits per heavy atom. The number of hydrogen-bond donors (Lipinski definition) is 2. The Morgan fingerprint density at radius 3 is 2.03 bits per heavy atom. The molecule has 0 radical (unpaired) electrons. The molecule has 0 aromatic heterocycles. The molecule has 0 atom stereocenters. The lowest BCUT2D eigenvalue weighted by Gasteiger charge is -2.34. The number of ether oxygens (including phenoxy) is 1. The molecule has 8 heteroatoms. The van der Waals surface area contributed by atoms with Gasteiger partial charge >= 0.3 is 6.09 Å². The molecule has 0 aliphatic carbocycles. The standard InChI is InChI=1S/C24H30N4O4/c1-24(2,3)32-23(31)26-20-11-9-18(10-12-20)22(30)28-15-13-27(14-16-28)17-21(29)25-19-7-5-4-6-8-19/h4-12H,13-17H2,1-3H3,(H,25,29)(H,26,31). The van der Waals surface area contributed by atoms with Crippen molar-refractivity contribution in [1.29, 1.82) is 0 Å². The van der Waals surface area contributed by atoms with Crippen molar-refractivity contribution in [3.05, 3.63) is 60.2 Å². The Kier molecular flexibility index (Phi) is 7.48. The van der Waals surface area contributed by atoms with E-state index in [0.29, 0.717) is 44.0 Å². The topological polar surface area (TPSA) is 91.0 Å². The van der Waals surface area contributed by atoms with Crippen LogP contribution in [-0.2, 0) is 9.53 Å². The lowest BCUT2D eigenvalue weighted by molar-refractivity contribution is -0.117.